The zero-order valence-corrected chi connectivity index (χ0v) is 13.5. The van der Waals surface area contributed by atoms with E-state index < -0.39 is 0 Å². The molecule has 120 valence electrons. The summed E-state index contributed by atoms with van der Waals surface area (Å²) >= 11 is 0. The number of carbonyl (C=O) groups is 2. The minimum Gasteiger partial charge on any atom is -0.496 e. The van der Waals surface area contributed by atoms with Crippen LogP contribution in [0.2, 0.25) is 0 Å². The van der Waals surface area contributed by atoms with Gasteiger partial charge in [-0.25, -0.2) is 0 Å². The van der Waals surface area contributed by atoms with Crippen LogP contribution in [0.15, 0.2) is 42.5 Å². The summed E-state index contributed by atoms with van der Waals surface area (Å²) in [7, 11) is 1.62. The quantitative estimate of drug-likeness (QED) is 0.891. The molecule has 5 nitrogen and oxygen atoms in total. The Labute approximate surface area is 135 Å². The molecular weight excluding hydrogens is 292 g/mol. The lowest BCUT2D eigenvalue weighted by Crippen LogP contribution is -2.15. The minimum atomic E-state index is -0.151. The molecule has 2 amide bonds. The molecule has 0 atom stereocenters. The summed E-state index contributed by atoms with van der Waals surface area (Å²) < 4.78 is 5.21. The van der Waals surface area contributed by atoms with E-state index in [2.05, 4.69) is 10.6 Å². The van der Waals surface area contributed by atoms with Gasteiger partial charge in [0.25, 0.3) is 0 Å². The van der Waals surface area contributed by atoms with Crippen molar-refractivity contribution >= 4 is 23.2 Å². The maximum absolute atomic E-state index is 12.2. The van der Waals surface area contributed by atoms with Crippen LogP contribution in [0.5, 0.6) is 5.75 Å². The van der Waals surface area contributed by atoms with E-state index >= 15 is 0 Å². The second-order valence-electron chi connectivity index (χ2n) is 5.29. The maximum atomic E-state index is 12.2. The summed E-state index contributed by atoms with van der Waals surface area (Å²) in [6.07, 6.45) is 0.273. The number of hydrogen-bond acceptors (Lipinski definition) is 3. The van der Waals surface area contributed by atoms with E-state index in [1.165, 1.54) is 6.92 Å². The highest BCUT2D eigenvalue weighted by molar-refractivity contribution is 5.94. The summed E-state index contributed by atoms with van der Waals surface area (Å²) in [5.41, 5.74) is 3.20. The largest absolute Gasteiger partial charge is 0.496 e. The zero-order chi connectivity index (χ0) is 16.8. The third kappa shape index (κ3) is 4.85. The fraction of sp³-hybridized carbons (Fsp3) is 0.222. The summed E-state index contributed by atoms with van der Waals surface area (Å²) in [4.78, 5) is 23.2. The van der Waals surface area contributed by atoms with Gasteiger partial charge in [0, 0.05) is 18.3 Å². The fourth-order valence-corrected chi connectivity index (χ4v) is 2.32. The highest BCUT2D eigenvalue weighted by Crippen LogP contribution is 2.19. The van der Waals surface area contributed by atoms with Gasteiger partial charge in [-0.1, -0.05) is 18.2 Å². The first-order chi connectivity index (χ1) is 11.0. The molecule has 0 bridgehead atoms. The van der Waals surface area contributed by atoms with Crippen molar-refractivity contribution in [1.29, 1.82) is 0 Å². The zero-order valence-electron chi connectivity index (χ0n) is 13.5. The summed E-state index contributed by atoms with van der Waals surface area (Å²) in [5.74, 6) is 0.536. The Kier molecular flexibility index (Phi) is 5.36. The topological polar surface area (TPSA) is 67.4 Å². The first-order valence-corrected chi connectivity index (χ1v) is 7.29. The van der Waals surface area contributed by atoms with Crippen molar-refractivity contribution in [2.24, 2.45) is 0 Å². The van der Waals surface area contributed by atoms with Gasteiger partial charge in [-0.2, -0.15) is 0 Å². The third-order valence-electron chi connectivity index (χ3n) is 3.29. The van der Waals surface area contributed by atoms with Crippen LogP contribution in [0.25, 0.3) is 0 Å². The molecule has 23 heavy (non-hydrogen) atoms. The van der Waals surface area contributed by atoms with Gasteiger partial charge in [-0.15, -0.1) is 0 Å². The lowest BCUT2D eigenvalue weighted by molar-refractivity contribution is -0.115. The lowest BCUT2D eigenvalue weighted by Gasteiger charge is -2.09. The number of hydrogen-bond donors (Lipinski definition) is 2. The molecule has 0 radical (unpaired) electrons. The van der Waals surface area contributed by atoms with E-state index in [1.807, 2.05) is 25.1 Å². The Balaban J connectivity index is 2.02. The van der Waals surface area contributed by atoms with Crippen LogP contribution in [0.3, 0.4) is 0 Å². The van der Waals surface area contributed by atoms with E-state index in [-0.39, 0.29) is 18.2 Å². The van der Waals surface area contributed by atoms with Crippen molar-refractivity contribution in [1.82, 2.24) is 0 Å². The van der Waals surface area contributed by atoms with Crippen LogP contribution in [-0.4, -0.2) is 18.9 Å². The summed E-state index contributed by atoms with van der Waals surface area (Å²) in [6, 6.07) is 12.7. The van der Waals surface area contributed by atoms with Crippen LogP contribution in [0.1, 0.15) is 18.1 Å². The second-order valence-corrected chi connectivity index (χ2v) is 5.29. The SMILES string of the molecule is COc1ccc(CC(=O)Nc2cccc(NC(C)=O)c2)cc1C. The van der Waals surface area contributed by atoms with Crippen LogP contribution in [-0.2, 0) is 16.0 Å². The van der Waals surface area contributed by atoms with Crippen molar-refractivity contribution in [3.63, 3.8) is 0 Å². The second kappa shape index (κ2) is 7.45. The van der Waals surface area contributed by atoms with Crippen LogP contribution in [0.4, 0.5) is 11.4 Å². The van der Waals surface area contributed by atoms with Crippen LogP contribution >= 0.6 is 0 Å². The highest BCUT2D eigenvalue weighted by atomic mass is 16.5. The number of rotatable bonds is 5. The van der Waals surface area contributed by atoms with Gasteiger partial charge in [0.1, 0.15) is 5.75 Å². The molecule has 0 aromatic heterocycles. The smallest absolute Gasteiger partial charge is 0.228 e. The molecule has 0 aliphatic carbocycles. The number of ether oxygens (including phenoxy) is 1. The third-order valence-corrected chi connectivity index (χ3v) is 3.29. The standard InChI is InChI=1S/C18H20N2O3/c1-12-9-14(7-8-17(12)23-3)10-18(22)20-16-6-4-5-15(11-16)19-13(2)21/h4-9,11H,10H2,1-3H3,(H,19,21)(H,20,22). The average Bonchev–Trinajstić information content (AvgIpc) is 2.47. The van der Waals surface area contributed by atoms with Gasteiger partial charge in [-0.05, 0) is 42.3 Å². The Morgan fingerprint density at radius 3 is 2.35 bits per heavy atom. The Morgan fingerprint density at radius 2 is 1.74 bits per heavy atom. The first-order valence-electron chi connectivity index (χ1n) is 7.29. The molecule has 0 unspecified atom stereocenters. The molecule has 5 heteroatoms. The number of anilines is 2. The molecule has 0 heterocycles. The van der Waals surface area contributed by atoms with Crippen LogP contribution < -0.4 is 15.4 Å². The molecule has 0 saturated carbocycles. The minimum absolute atomic E-state index is 0.116. The van der Waals surface area contributed by atoms with Crippen molar-refractivity contribution < 1.29 is 14.3 Å². The highest BCUT2D eigenvalue weighted by Gasteiger charge is 2.07. The first kappa shape index (κ1) is 16.5. The molecule has 2 aromatic rings. The normalized spacial score (nSPS) is 10.0. The number of nitrogens with one attached hydrogen (secondary N) is 2. The Bertz CT molecular complexity index is 726. The van der Waals surface area contributed by atoms with E-state index in [0.717, 1.165) is 16.9 Å². The maximum Gasteiger partial charge on any atom is 0.228 e. The summed E-state index contributed by atoms with van der Waals surface area (Å²) in [6.45, 7) is 3.38. The van der Waals surface area contributed by atoms with Crippen molar-refractivity contribution in [3.8, 4) is 5.75 Å². The monoisotopic (exact) mass is 312 g/mol. The molecular formula is C18H20N2O3. The molecule has 0 aliphatic rings. The molecule has 0 fully saturated rings. The number of aryl methyl sites for hydroxylation is 1. The predicted octanol–water partition coefficient (Wildman–Crippen LogP) is 3.14. The van der Waals surface area contributed by atoms with Crippen molar-refractivity contribution in [2.45, 2.75) is 20.3 Å². The molecule has 0 spiro atoms. The number of benzene rings is 2. The number of carbonyl (C=O) groups excluding carboxylic acids is 2. The lowest BCUT2D eigenvalue weighted by atomic mass is 10.1. The van der Waals surface area contributed by atoms with Gasteiger partial charge in [0.15, 0.2) is 0 Å². The van der Waals surface area contributed by atoms with Gasteiger partial charge in [-0.3, -0.25) is 9.59 Å². The van der Waals surface area contributed by atoms with Gasteiger partial charge >= 0.3 is 0 Å². The Hall–Kier alpha value is -2.82. The van der Waals surface area contributed by atoms with Crippen molar-refractivity contribution in [3.05, 3.63) is 53.6 Å². The molecule has 2 rings (SSSR count). The van der Waals surface area contributed by atoms with Gasteiger partial charge in [0.2, 0.25) is 11.8 Å². The van der Waals surface area contributed by atoms with Crippen molar-refractivity contribution in [2.75, 3.05) is 17.7 Å². The molecule has 2 N–H and O–H groups in total. The predicted molar refractivity (Wildman–Crippen MR) is 90.8 cm³/mol. The van der Waals surface area contributed by atoms with Crippen LogP contribution in [0, 0.1) is 6.92 Å². The Morgan fingerprint density at radius 1 is 1.04 bits per heavy atom. The summed E-state index contributed by atoms with van der Waals surface area (Å²) in [5, 5.41) is 5.51. The number of amides is 2. The molecule has 2 aromatic carbocycles. The van der Waals surface area contributed by atoms with E-state index in [9.17, 15) is 9.59 Å². The van der Waals surface area contributed by atoms with E-state index in [4.69, 9.17) is 4.74 Å². The molecule has 0 saturated heterocycles. The van der Waals surface area contributed by atoms with E-state index in [1.54, 1.807) is 31.4 Å². The van der Waals surface area contributed by atoms with Gasteiger partial charge in [0.05, 0.1) is 13.5 Å². The van der Waals surface area contributed by atoms with E-state index in [0.29, 0.717) is 11.4 Å². The average molecular weight is 312 g/mol. The molecule has 0 aliphatic heterocycles. The van der Waals surface area contributed by atoms with Gasteiger partial charge < -0.3 is 15.4 Å². The number of methoxy groups -OCH3 is 1. The fourth-order valence-electron chi connectivity index (χ4n) is 2.32.